The molecule has 1 aliphatic heterocycles. The third-order valence-electron chi connectivity index (χ3n) is 3.75. The maximum absolute atomic E-state index is 9.40. The van der Waals surface area contributed by atoms with Gasteiger partial charge in [0, 0.05) is 39.4 Å². The fourth-order valence-corrected chi connectivity index (χ4v) is 2.39. The number of rotatable bonds is 3. The summed E-state index contributed by atoms with van der Waals surface area (Å²) in [6, 6.07) is 2.19. The Balaban J connectivity index is 2.08. The van der Waals surface area contributed by atoms with E-state index in [1.165, 1.54) is 0 Å². The molecule has 0 saturated carbocycles. The van der Waals surface area contributed by atoms with E-state index in [1.54, 1.807) is 0 Å². The maximum atomic E-state index is 9.40. The van der Waals surface area contributed by atoms with Gasteiger partial charge < -0.3 is 9.47 Å². The molecule has 18 heavy (non-hydrogen) atoms. The van der Waals surface area contributed by atoms with Gasteiger partial charge in [-0.3, -0.25) is 4.90 Å². The van der Waals surface area contributed by atoms with Gasteiger partial charge in [0.15, 0.2) is 0 Å². The molecule has 1 saturated heterocycles. The topological polar surface area (TPSA) is 48.1 Å². The molecular weight excluding hydrogens is 226 g/mol. The molecule has 0 bridgehead atoms. The van der Waals surface area contributed by atoms with Crippen LogP contribution in [0.3, 0.4) is 0 Å². The van der Waals surface area contributed by atoms with Crippen LogP contribution in [-0.4, -0.2) is 52.1 Å². The highest BCUT2D eigenvalue weighted by Crippen LogP contribution is 2.20. The summed E-state index contributed by atoms with van der Waals surface area (Å²) in [5.41, 5.74) is 0.877. The quantitative estimate of drug-likeness (QED) is 0.797. The number of likely N-dealkylation sites (N-methyl/N-ethyl adjacent to an activating group) is 1. The Labute approximate surface area is 109 Å². The first-order valence-corrected chi connectivity index (χ1v) is 6.51. The minimum Gasteiger partial charge on any atom is -0.338 e. The van der Waals surface area contributed by atoms with E-state index in [9.17, 15) is 5.26 Å². The number of nitriles is 1. The maximum Gasteiger partial charge on any atom is 0.142 e. The van der Waals surface area contributed by atoms with Crippen LogP contribution in [0.1, 0.15) is 24.5 Å². The van der Waals surface area contributed by atoms with E-state index >= 15 is 0 Å². The van der Waals surface area contributed by atoms with Crippen molar-refractivity contribution in [1.82, 2.24) is 19.4 Å². The Hall–Kier alpha value is -1.38. The standard InChI is InChI=1S/C13H21N5/c1-4-17-5-7-18(8-6-17)13(9-14)12-10-16(3)11(2)15-12/h10,13H,4-8H2,1-3H3. The van der Waals surface area contributed by atoms with E-state index in [0.29, 0.717) is 0 Å². The van der Waals surface area contributed by atoms with Gasteiger partial charge in [0.2, 0.25) is 0 Å². The average Bonchev–Trinajstić information content (AvgIpc) is 2.71. The number of imidazole rings is 1. The smallest absolute Gasteiger partial charge is 0.142 e. The number of aromatic nitrogens is 2. The normalized spacial score (nSPS) is 19.7. The number of hydrogen-bond donors (Lipinski definition) is 0. The van der Waals surface area contributed by atoms with Crippen LogP contribution in [0, 0.1) is 18.3 Å². The van der Waals surface area contributed by atoms with Crippen molar-refractivity contribution in [2.24, 2.45) is 7.05 Å². The summed E-state index contributed by atoms with van der Waals surface area (Å²) in [5, 5.41) is 9.40. The second-order valence-electron chi connectivity index (χ2n) is 4.83. The Bertz CT molecular complexity index is 417. The third-order valence-corrected chi connectivity index (χ3v) is 3.75. The molecule has 1 unspecified atom stereocenters. The van der Waals surface area contributed by atoms with E-state index in [4.69, 9.17) is 0 Å². The lowest BCUT2D eigenvalue weighted by Crippen LogP contribution is -2.47. The minimum absolute atomic E-state index is 0.205. The molecule has 1 aliphatic rings. The van der Waals surface area contributed by atoms with Crippen LogP contribution in [0.5, 0.6) is 0 Å². The summed E-state index contributed by atoms with van der Waals surface area (Å²) in [4.78, 5) is 9.12. The van der Waals surface area contributed by atoms with Crippen LogP contribution in [0.15, 0.2) is 6.20 Å². The molecule has 0 aromatic carbocycles. The summed E-state index contributed by atoms with van der Waals surface area (Å²) >= 11 is 0. The molecule has 1 fully saturated rings. The SMILES string of the molecule is CCN1CCN(C(C#N)c2cn(C)c(C)n2)CC1. The zero-order chi connectivity index (χ0) is 13.1. The van der Waals surface area contributed by atoms with Crippen LogP contribution >= 0.6 is 0 Å². The van der Waals surface area contributed by atoms with Crippen LogP contribution in [0.2, 0.25) is 0 Å². The second-order valence-corrected chi connectivity index (χ2v) is 4.83. The van der Waals surface area contributed by atoms with E-state index in [1.807, 2.05) is 24.7 Å². The Kier molecular flexibility index (Phi) is 4.00. The second kappa shape index (κ2) is 5.51. The van der Waals surface area contributed by atoms with Crippen molar-refractivity contribution in [3.05, 3.63) is 17.7 Å². The van der Waals surface area contributed by atoms with Gasteiger partial charge in [0.1, 0.15) is 11.9 Å². The lowest BCUT2D eigenvalue weighted by molar-refractivity contribution is 0.117. The highest BCUT2D eigenvalue weighted by Gasteiger charge is 2.26. The van der Waals surface area contributed by atoms with Gasteiger partial charge in [0.25, 0.3) is 0 Å². The first kappa shape index (κ1) is 13.1. The van der Waals surface area contributed by atoms with E-state index in [2.05, 4.69) is 27.8 Å². The number of nitrogens with zero attached hydrogens (tertiary/aromatic N) is 5. The summed E-state index contributed by atoms with van der Waals surface area (Å²) < 4.78 is 1.97. The number of hydrogen-bond acceptors (Lipinski definition) is 4. The van der Waals surface area contributed by atoms with Crippen molar-refractivity contribution in [3.8, 4) is 6.07 Å². The van der Waals surface area contributed by atoms with Gasteiger partial charge in [-0.1, -0.05) is 6.92 Å². The van der Waals surface area contributed by atoms with E-state index in [0.717, 1.165) is 44.2 Å². The van der Waals surface area contributed by atoms with Crippen LogP contribution in [0.25, 0.3) is 0 Å². The van der Waals surface area contributed by atoms with Crippen molar-refractivity contribution in [3.63, 3.8) is 0 Å². The average molecular weight is 247 g/mol. The third kappa shape index (κ3) is 2.55. The lowest BCUT2D eigenvalue weighted by atomic mass is 10.2. The molecule has 5 heteroatoms. The number of piperazine rings is 1. The van der Waals surface area contributed by atoms with Crippen molar-refractivity contribution >= 4 is 0 Å². The lowest BCUT2D eigenvalue weighted by Gasteiger charge is -2.35. The monoisotopic (exact) mass is 247 g/mol. The summed E-state index contributed by atoms with van der Waals surface area (Å²) in [6.07, 6.45) is 1.97. The highest BCUT2D eigenvalue weighted by atomic mass is 15.3. The van der Waals surface area contributed by atoms with Gasteiger partial charge in [-0.25, -0.2) is 4.98 Å². The Morgan fingerprint density at radius 3 is 2.50 bits per heavy atom. The molecule has 1 aromatic heterocycles. The molecule has 2 heterocycles. The van der Waals surface area contributed by atoms with Crippen LogP contribution in [0.4, 0.5) is 0 Å². The molecule has 5 nitrogen and oxygen atoms in total. The van der Waals surface area contributed by atoms with Gasteiger partial charge >= 0.3 is 0 Å². The zero-order valence-corrected chi connectivity index (χ0v) is 11.4. The Morgan fingerprint density at radius 1 is 1.39 bits per heavy atom. The summed E-state index contributed by atoms with van der Waals surface area (Å²) in [7, 11) is 1.97. The largest absolute Gasteiger partial charge is 0.338 e. The molecular formula is C13H21N5. The predicted octanol–water partition coefficient (Wildman–Crippen LogP) is 0.931. The highest BCUT2D eigenvalue weighted by molar-refractivity contribution is 5.15. The zero-order valence-electron chi connectivity index (χ0n) is 11.4. The van der Waals surface area contributed by atoms with Crippen molar-refractivity contribution in [2.75, 3.05) is 32.7 Å². The predicted molar refractivity (Wildman–Crippen MR) is 70.0 cm³/mol. The van der Waals surface area contributed by atoms with Gasteiger partial charge in [-0.05, 0) is 13.5 Å². The number of aryl methyl sites for hydroxylation is 2. The van der Waals surface area contributed by atoms with Crippen molar-refractivity contribution in [2.45, 2.75) is 19.9 Å². The molecule has 2 rings (SSSR count). The molecule has 1 aromatic rings. The molecule has 0 spiro atoms. The molecule has 0 radical (unpaired) electrons. The van der Waals surface area contributed by atoms with Gasteiger partial charge in [-0.15, -0.1) is 0 Å². The van der Waals surface area contributed by atoms with Crippen LogP contribution < -0.4 is 0 Å². The molecule has 0 amide bonds. The first-order chi connectivity index (χ1) is 8.65. The molecule has 0 aliphatic carbocycles. The van der Waals surface area contributed by atoms with E-state index in [-0.39, 0.29) is 6.04 Å². The molecule has 98 valence electrons. The van der Waals surface area contributed by atoms with Crippen molar-refractivity contribution < 1.29 is 0 Å². The summed E-state index contributed by atoms with van der Waals surface area (Å²) in [6.45, 7) is 9.21. The van der Waals surface area contributed by atoms with Gasteiger partial charge in [-0.2, -0.15) is 5.26 Å². The summed E-state index contributed by atoms with van der Waals surface area (Å²) in [5.74, 6) is 0.956. The van der Waals surface area contributed by atoms with Gasteiger partial charge in [0.05, 0.1) is 11.8 Å². The fraction of sp³-hybridized carbons (Fsp3) is 0.692. The van der Waals surface area contributed by atoms with Crippen LogP contribution in [-0.2, 0) is 7.05 Å². The van der Waals surface area contributed by atoms with Crippen molar-refractivity contribution in [1.29, 1.82) is 5.26 Å². The fourth-order valence-electron chi connectivity index (χ4n) is 2.39. The minimum atomic E-state index is -0.205. The molecule has 0 N–H and O–H groups in total. The first-order valence-electron chi connectivity index (χ1n) is 6.51. The molecule has 1 atom stereocenters. The Morgan fingerprint density at radius 2 is 2.06 bits per heavy atom. The van der Waals surface area contributed by atoms with E-state index < -0.39 is 0 Å².